The molecule has 20 heavy (non-hydrogen) atoms. The summed E-state index contributed by atoms with van der Waals surface area (Å²) in [5.74, 6) is 2.09. The van der Waals surface area contributed by atoms with Crippen LogP contribution in [0.25, 0.3) is 0 Å². The smallest absolute Gasteiger partial charge is 0.133 e. The third-order valence-corrected chi connectivity index (χ3v) is 3.17. The van der Waals surface area contributed by atoms with Crippen molar-refractivity contribution in [2.75, 3.05) is 0 Å². The summed E-state index contributed by atoms with van der Waals surface area (Å²) in [6.07, 6.45) is 0.980. The molecule has 1 nitrogen and oxygen atoms in total. The van der Waals surface area contributed by atoms with Gasteiger partial charge in [-0.25, -0.2) is 0 Å². The Morgan fingerprint density at radius 2 is 1.10 bits per heavy atom. The molecule has 1 heteroatoms. The molecule has 1 aliphatic heterocycles. The fraction of sp³-hybridized carbons (Fsp3) is 0.368. The molecule has 0 aromatic heterocycles. The summed E-state index contributed by atoms with van der Waals surface area (Å²) < 4.78 is 6.04. The molecule has 0 spiro atoms. The lowest BCUT2D eigenvalue weighted by atomic mass is 9.97. The van der Waals surface area contributed by atoms with Crippen LogP contribution in [0.15, 0.2) is 36.4 Å². The Morgan fingerprint density at radius 1 is 0.700 bits per heavy atom. The highest BCUT2D eigenvalue weighted by molar-refractivity contribution is 5.55. The van der Waals surface area contributed by atoms with E-state index < -0.39 is 0 Å². The summed E-state index contributed by atoms with van der Waals surface area (Å²) in [7, 11) is 0. The number of fused-ring (bicyclic) bond motifs is 2. The van der Waals surface area contributed by atoms with E-state index in [0.717, 1.165) is 17.9 Å². The molecule has 0 atom stereocenters. The van der Waals surface area contributed by atoms with Gasteiger partial charge in [0.25, 0.3) is 0 Å². The molecule has 3 rings (SSSR count). The van der Waals surface area contributed by atoms with Crippen LogP contribution in [0, 0.1) is 13.8 Å². The van der Waals surface area contributed by atoms with Crippen molar-refractivity contribution in [3.05, 3.63) is 58.7 Å². The molecule has 0 N–H and O–H groups in total. The van der Waals surface area contributed by atoms with E-state index in [-0.39, 0.29) is 0 Å². The van der Waals surface area contributed by atoms with Crippen LogP contribution >= 0.6 is 0 Å². The van der Waals surface area contributed by atoms with Crippen molar-refractivity contribution in [2.24, 2.45) is 0 Å². The van der Waals surface area contributed by atoms with E-state index in [2.05, 4.69) is 50.2 Å². The lowest BCUT2D eigenvalue weighted by molar-refractivity contribution is 0.453. The molecule has 108 valence electrons. The predicted molar refractivity (Wildman–Crippen MR) is 87.9 cm³/mol. The Labute approximate surface area is 123 Å². The minimum atomic E-state index is 0.980. The molecular formula is C19H26O. The lowest BCUT2D eigenvalue weighted by Gasteiger charge is -2.23. The van der Waals surface area contributed by atoms with Gasteiger partial charge in [-0.2, -0.15) is 0 Å². The maximum absolute atomic E-state index is 6.04. The Balaban J connectivity index is 0.000000461. The topological polar surface area (TPSA) is 9.23 Å². The molecule has 0 unspecified atom stereocenters. The van der Waals surface area contributed by atoms with Crippen molar-refractivity contribution >= 4 is 0 Å². The van der Waals surface area contributed by atoms with Gasteiger partial charge < -0.3 is 4.74 Å². The lowest BCUT2D eigenvalue weighted by Crippen LogP contribution is -2.05. The standard InChI is InChI=1S/C15H14O.2C2H6/c1-10-5-3-7-12-9-13-8-4-6-11(2)15(13)16-14(10)12;2*1-2/h3-8H,9H2,1-2H3;2*1-2H3. The van der Waals surface area contributed by atoms with E-state index in [4.69, 9.17) is 4.74 Å². The second kappa shape index (κ2) is 7.74. The summed E-state index contributed by atoms with van der Waals surface area (Å²) >= 11 is 0. The molecular weight excluding hydrogens is 244 g/mol. The van der Waals surface area contributed by atoms with Crippen LogP contribution in [-0.4, -0.2) is 0 Å². The first-order chi connectivity index (χ1) is 9.75. The second-order valence-corrected chi connectivity index (χ2v) is 4.41. The average Bonchev–Trinajstić information content (AvgIpc) is 2.51. The Bertz CT molecular complexity index is 506. The number of rotatable bonds is 0. The molecule has 0 saturated heterocycles. The maximum Gasteiger partial charge on any atom is 0.133 e. The summed E-state index contributed by atoms with van der Waals surface area (Å²) in [4.78, 5) is 0. The summed E-state index contributed by atoms with van der Waals surface area (Å²) in [5.41, 5.74) is 5.01. The fourth-order valence-corrected chi connectivity index (χ4v) is 2.30. The molecule has 0 bridgehead atoms. The minimum absolute atomic E-state index is 0.980. The third kappa shape index (κ3) is 3.22. The van der Waals surface area contributed by atoms with E-state index in [9.17, 15) is 0 Å². The van der Waals surface area contributed by atoms with Gasteiger partial charge in [0.1, 0.15) is 11.5 Å². The van der Waals surface area contributed by atoms with Crippen LogP contribution in [0.2, 0.25) is 0 Å². The second-order valence-electron chi connectivity index (χ2n) is 4.41. The highest BCUT2D eigenvalue weighted by Crippen LogP contribution is 2.39. The summed E-state index contributed by atoms with van der Waals surface area (Å²) in [5, 5.41) is 0. The van der Waals surface area contributed by atoms with Crippen LogP contribution in [0.5, 0.6) is 11.5 Å². The van der Waals surface area contributed by atoms with Crippen LogP contribution in [0.4, 0.5) is 0 Å². The zero-order valence-corrected chi connectivity index (χ0v) is 13.6. The van der Waals surface area contributed by atoms with E-state index in [1.807, 2.05) is 27.7 Å². The number of hydrogen-bond acceptors (Lipinski definition) is 1. The monoisotopic (exact) mass is 270 g/mol. The van der Waals surface area contributed by atoms with E-state index in [0.29, 0.717) is 0 Å². The van der Waals surface area contributed by atoms with Gasteiger partial charge in [-0.1, -0.05) is 64.1 Å². The van der Waals surface area contributed by atoms with Crippen LogP contribution < -0.4 is 4.74 Å². The summed E-state index contributed by atoms with van der Waals surface area (Å²) in [6, 6.07) is 12.7. The van der Waals surface area contributed by atoms with E-state index >= 15 is 0 Å². The van der Waals surface area contributed by atoms with Crippen LogP contribution in [0.3, 0.4) is 0 Å². The molecule has 0 fully saturated rings. The van der Waals surface area contributed by atoms with Gasteiger partial charge in [-0.05, 0) is 36.1 Å². The van der Waals surface area contributed by atoms with Crippen molar-refractivity contribution in [2.45, 2.75) is 48.0 Å². The zero-order chi connectivity index (χ0) is 15.1. The Hall–Kier alpha value is -1.76. The highest BCUT2D eigenvalue weighted by atomic mass is 16.5. The Kier molecular flexibility index (Phi) is 6.30. The van der Waals surface area contributed by atoms with Gasteiger partial charge in [0, 0.05) is 6.42 Å². The first-order valence-corrected chi connectivity index (χ1v) is 7.60. The first-order valence-electron chi connectivity index (χ1n) is 7.60. The SMILES string of the molecule is CC.CC.Cc1cccc2c1Oc1c(C)cccc1C2. The van der Waals surface area contributed by atoms with Crippen molar-refractivity contribution in [1.29, 1.82) is 0 Å². The summed E-state index contributed by atoms with van der Waals surface area (Å²) in [6.45, 7) is 12.2. The van der Waals surface area contributed by atoms with Gasteiger partial charge in [-0.3, -0.25) is 0 Å². The molecule has 0 radical (unpaired) electrons. The van der Waals surface area contributed by atoms with Gasteiger partial charge in [0.2, 0.25) is 0 Å². The van der Waals surface area contributed by atoms with Crippen LogP contribution in [-0.2, 0) is 6.42 Å². The number of benzene rings is 2. The van der Waals surface area contributed by atoms with E-state index in [1.54, 1.807) is 0 Å². The zero-order valence-electron chi connectivity index (χ0n) is 13.6. The number of hydrogen-bond donors (Lipinski definition) is 0. The first kappa shape index (κ1) is 16.3. The Morgan fingerprint density at radius 3 is 1.50 bits per heavy atom. The number of ether oxygens (including phenoxy) is 1. The molecule has 2 aromatic carbocycles. The largest absolute Gasteiger partial charge is 0.456 e. The van der Waals surface area contributed by atoms with Gasteiger partial charge in [-0.15, -0.1) is 0 Å². The molecule has 0 aliphatic carbocycles. The molecule has 2 aromatic rings. The fourth-order valence-electron chi connectivity index (χ4n) is 2.30. The van der Waals surface area contributed by atoms with E-state index in [1.165, 1.54) is 22.3 Å². The van der Waals surface area contributed by atoms with Crippen molar-refractivity contribution < 1.29 is 4.74 Å². The normalized spacial score (nSPS) is 10.7. The molecule has 1 heterocycles. The molecule has 0 saturated carbocycles. The van der Waals surface area contributed by atoms with Crippen molar-refractivity contribution in [3.63, 3.8) is 0 Å². The highest BCUT2D eigenvalue weighted by Gasteiger charge is 2.19. The van der Waals surface area contributed by atoms with Crippen molar-refractivity contribution in [1.82, 2.24) is 0 Å². The third-order valence-electron chi connectivity index (χ3n) is 3.17. The van der Waals surface area contributed by atoms with Crippen LogP contribution in [0.1, 0.15) is 49.9 Å². The number of aryl methyl sites for hydroxylation is 2. The van der Waals surface area contributed by atoms with Gasteiger partial charge in [0.15, 0.2) is 0 Å². The molecule has 1 aliphatic rings. The quantitative estimate of drug-likeness (QED) is 0.483. The average molecular weight is 270 g/mol. The number of para-hydroxylation sites is 2. The van der Waals surface area contributed by atoms with Gasteiger partial charge >= 0.3 is 0 Å². The predicted octanol–water partition coefficient (Wildman–Crippen LogP) is 6.05. The van der Waals surface area contributed by atoms with Gasteiger partial charge in [0.05, 0.1) is 0 Å². The minimum Gasteiger partial charge on any atom is -0.456 e. The molecule has 0 amide bonds. The maximum atomic E-state index is 6.04. The van der Waals surface area contributed by atoms with Crippen molar-refractivity contribution in [3.8, 4) is 11.5 Å².